The maximum absolute atomic E-state index is 10.7. The Bertz CT molecular complexity index is 1090. The molecule has 5 nitrogen and oxygen atoms in total. The second-order valence-corrected chi connectivity index (χ2v) is 8.87. The van der Waals surface area contributed by atoms with Gasteiger partial charge in [-0.3, -0.25) is 0 Å². The van der Waals surface area contributed by atoms with Crippen molar-refractivity contribution in [1.29, 1.82) is 0 Å². The number of halogens is 13. The minimum Gasteiger partial charge on any atom is -0.418 e. The third-order valence-corrected chi connectivity index (χ3v) is 5.52. The lowest BCUT2D eigenvalue weighted by Crippen LogP contribution is -2.18. The van der Waals surface area contributed by atoms with Gasteiger partial charge in [0.15, 0.2) is 12.1 Å². The van der Waals surface area contributed by atoms with Gasteiger partial charge >= 0.3 is 21.8 Å². The highest BCUT2D eigenvalue weighted by atomic mass is 35.5. The molecule has 1 aromatic carbocycles. The van der Waals surface area contributed by atoms with Crippen LogP contribution in [0.15, 0.2) is 42.0 Å². The van der Waals surface area contributed by atoms with E-state index in [4.69, 9.17) is 16.3 Å². The lowest BCUT2D eigenvalue weighted by molar-refractivity contribution is -0.0395. The average Bonchev–Trinajstić information content (AvgIpc) is 3.46. The van der Waals surface area contributed by atoms with Crippen LogP contribution in [-0.4, -0.2) is 48.2 Å². The summed E-state index contributed by atoms with van der Waals surface area (Å²) in [5.74, 6) is 0.618. The monoisotopic (exact) mass is 636 g/mol. The Morgan fingerprint density at radius 2 is 1.40 bits per heavy atom. The summed E-state index contributed by atoms with van der Waals surface area (Å²) in [4.78, 5) is 5.31. The number of nitrogens with zero attached hydrogens (tertiary/aromatic N) is 3. The molecule has 0 aliphatic carbocycles. The van der Waals surface area contributed by atoms with E-state index in [1.54, 1.807) is 23.1 Å². The summed E-state index contributed by atoms with van der Waals surface area (Å²) >= 11 is 7.45. The standard InChI is InChI=1S/C18H18ClN3O2S.3BF4/c19-13-6-4-12(5-7-13)16(23)14-8-10-25-17(14)18-20-11-22(21-18)15-3-1-2-9-24-15;3*2-1(3,4)5/h4-8,10-11,15-16,23H,1-3,9H2;;;/q;3*-1. The molecule has 3 aromatic rings. The fraction of sp³-hybridized carbons (Fsp3) is 0.333. The maximum Gasteiger partial charge on any atom is 0.673 e. The van der Waals surface area contributed by atoms with Gasteiger partial charge in [0.1, 0.15) is 12.4 Å². The van der Waals surface area contributed by atoms with Gasteiger partial charge < -0.3 is 61.6 Å². The number of thiophene rings is 1. The van der Waals surface area contributed by atoms with E-state index in [1.165, 1.54) is 11.3 Å². The molecular weight excluding hydrogens is 618 g/mol. The van der Waals surface area contributed by atoms with Crippen molar-refractivity contribution in [2.24, 2.45) is 0 Å². The molecular formula is C18H18B3ClF12N3O2S-3. The van der Waals surface area contributed by atoms with Gasteiger partial charge in [0.2, 0.25) is 0 Å². The van der Waals surface area contributed by atoms with E-state index in [-0.39, 0.29) is 6.23 Å². The zero-order valence-corrected chi connectivity index (χ0v) is 21.3. The van der Waals surface area contributed by atoms with E-state index in [9.17, 15) is 56.9 Å². The first kappa shape index (κ1) is 35.7. The molecule has 22 heteroatoms. The zero-order valence-electron chi connectivity index (χ0n) is 19.8. The fourth-order valence-electron chi connectivity index (χ4n) is 2.99. The van der Waals surface area contributed by atoms with Crippen molar-refractivity contribution in [1.82, 2.24) is 14.8 Å². The molecule has 2 unspecified atom stereocenters. The molecule has 226 valence electrons. The minimum absolute atomic E-state index is 0.0420. The van der Waals surface area contributed by atoms with Crippen LogP contribution in [0.4, 0.5) is 51.8 Å². The van der Waals surface area contributed by atoms with Crippen molar-refractivity contribution in [3.8, 4) is 10.7 Å². The van der Waals surface area contributed by atoms with Crippen LogP contribution in [0.5, 0.6) is 0 Å². The minimum atomic E-state index is -6.00. The Morgan fingerprint density at radius 1 is 0.875 bits per heavy atom. The number of aliphatic hydroxyl groups is 1. The first-order chi connectivity index (χ1) is 18.2. The van der Waals surface area contributed by atoms with Crippen LogP contribution in [-0.2, 0) is 4.74 Å². The third kappa shape index (κ3) is 16.7. The molecule has 40 heavy (non-hydrogen) atoms. The number of aliphatic hydroxyl groups excluding tert-OH is 1. The van der Waals surface area contributed by atoms with Crippen molar-refractivity contribution in [2.75, 3.05) is 6.61 Å². The van der Waals surface area contributed by atoms with Gasteiger partial charge in [-0.2, -0.15) is 0 Å². The predicted octanol–water partition coefficient (Wildman–Crippen LogP) is 8.34. The summed E-state index contributed by atoms with van der Waals surface area (Å²) in [7, 11) is -18.0. The number of benzene rings is 1. The number of aromatic nitrogens is 3. The topological polar surface area (TPSA) is 60.2 Å². The molecule has 0 radical (unpaired) electrons. The van der Waals surface area contributed by atoms with E-state index in [2.05, 4.69) is 10.1 Å². The summed E-state index contributed by atoms with van der Waals surface area (Å²) in [6.45, 7) is 0.763. The van der Waals surface area contributed by atoms with Crippen molar-refractivity contribution in [2.45, 2.75) is 31.6 Å². The SMILES string of the molecule is F[B-](F)(F)F.F[B-](F)(F)F.F[B-](F)(F)F.OC(c1ccc(Cl)cc1)c1ccsc1-c1ncn(C2CCCCO2)n1. The Kier molecular flexibility index (Phi) is 13.9. The second-order valence-electron chi connectivity index (χ2n) is 7.51. The highest BCUT2D eigenvalue weighted by Gasteiger charge is 2.23. The lowest BCUT2D eigenvalue weighted by atomic mass is 10.0. The molecule has 4 rings (SSSR count). The van der Waals surface area contributed by atoms with Gasteiger partial charge in [0.25, 0.3) is 0 Å². The van der Waals surface area contributed by atoms with Crippen LogP contribution in [0.1, 0.15) is 42.7 Å². The highest BCUT2D eigenvalue weighted by Crippen LogP contribution is 2.35. The lowest BCUT2D eigenvalue weighted by Gasteiger charge is -2.22. The fourth-order valence-corrected chi connectivity index (χ4v) is 3.98. The molecule has 1 aliphatic rings. The van der Waals surface area contributed by atoms with E-state index >= 15 is 0 Å². The Labute approximate surface area is 228 Å². The van der Waals surface area contributed by atoms with Gasteiger partial charge in [0, 0.05) is 17.2 Å². The van der Waals surface area contributed by atoms with Crippen LogP contribution in [0, 0.1) is 0 Å². The molecule has 3 heterocycles. The van der Waals surface area contributed by atoms with Gasteiger partial charge in [-0.25, -0.2) is 9.67 Å². The highest BCUT2D eigenvalue weighted by molar-refractivity contribution is 7.13. The zero-order chi connectivity index (χ0) is 30.7. The van der Waals surface area contributed by atoms with E-state index in [0.717, 1.165) is 41.9 Å². The average molecular weight is 636 g/mol. The first-order valence-electron chi connectivity index (χ1n) is 10.9. The summed E-state index contributed by atoms with van der Waals surface area (Å²) in [6, 6.07) is 9.13. The van der Waals surface area contributed by atoms with Gasteiger partial charge in [0.05, 0.1) is 4.88 Å². The van der Waals surface area contributed by atoms with Crippen LogP contribution in [0.3, 0.4) is 0 Å². The van der Waals surface area contributed by atoms with Gasteiger partial charge in [-0.1, -0.05) is 23.7 Å². The van der Waals surface area contributed by atoms with Crippen molar-refractivity contribution in [3.05, 3.63) is 58.2 Å². The van der Waals surface area contributed by atoms with Gasteiger partial charge in [-0.05, 0) is 48.4 Å². The normalized spacial score (nSPS) is 16.4. The molecule has 2 atom stereocenters. The van der Waals surface area contributed by atoms with E-state index in [0.29, 0.717) is 10.8 Å². The molecule has 0 saturated carbocycles. The summed E-state index contributed by atoms with van der Waals surface area (Å²) in [6.07, 6.45) is 4.12. The number of ether oxygens (including phenoxy) is 1. The van der Waals surface area contributed by atoms with E-state index in [1.807, 2.05) is 23.6 Å². The van der Waals surface area contributed by atoms with Crippen LogP contribution in [0.25, 0.3) is 10.7 Å². The molecule has 2 aromatic heterocycles. The number of rotatable bonds is 4. The van der Waals surface area contributed by atoms with Crippen LogP contribution in [0.2, 0.25) is 5.02 Å². The molecule has 0 bridgehead atoms. The summed E-state index contributed by atoms with van der Waals surface area (Å²) < 4.78 is 125. The van der Waals surface area contributed by atoms with Crippen LogP contribution >= 0.6 is 22.9 Å². The molecule has 1 fully saturated rings. The predicted molar refractivity (Wildman–Crippen MR) is 128 cm³/mol. The summed E-state index contributed by atoms with van der Waals surface area (Å²) in [5, 5.41) is 17.9. The molecule has 0 spiro atoms. The molecule has 1 N–H and O–H groups in total. The van der Waals surface area contributed by atoms with Crippen molar-refractivity contribution < 1.29 is 61.6 Å². The molecule has 1 saturated heterocycles. The first-order valence-corrected chi connectivity index (χ1v) is 12.1. The number of hydrogen-bond acceptors (Lipinski definition) is 5. The quantitative estimate of drug-likeness (QED) is 0.231. The Morgan fingerprint density at radius 3 is 1.88 bits per heavy atom. The Hall–Kier alpha value is -2.38. The van der Waals surface area contributed by atoms with Gasteiger partial charge in [-0.15, -0.1) is 16.4 Å². The smallest absolute Gasteiger partial charge is 0.418 e. The molecule has 1 aliphatic heterocycles. The second kappa shape index (κ2) is 15.6. The van der Waals surface area contributed by atoms with Crippen LogP contribution < -0.4 is 0 Å². The van der Waals surface area contributed by atoms with Crippen molar-refractivity contribution >= 4 is 44.7 Å². The molecule has 0 amide bonds. The Balaban J connectivity index is 0.000000442. The number of hydrogen-bond donors (Lipinski definition) is 1. The third-order valence-electron chi connectivity index (χ3n) is 4.34. The van der Waals surface area contributed by atoms with Crippen molar-refractivity contribution in [3.63, 3.8) is 0 Å². The van der Waals surface area contributed by atoms with E-state index < -0.39 is 27.9 Å². The maximum atomic E-state index is 10.7. The largest absolute Gasteiger partial charge is 0.673 e. The summed E-state index contributed by atoms with van der Waals surface area (Å²) in [5.41, 5.74) is 1.59.